The van der Waals surface area contributed by atoms with Crippen LogP contribution in [0, 0.1) is 5.82 Å². The molecule has 0 aliphatic carbocycles. The van der Waals surface area contributed by atoms with Gasteiger partial charge in [-0.2, -0.15) is 5.10 Å². The highest BCUT2D eigenvalue weighted by molar-refractivity contribution is 5.93. The van der Waals surface area contributed by atoms with Crippen LogP contribution in [0.3, 0.4) is 0 Å². The molecule has 5 rings (SSSR count). The number of halogens is 1. The molecule has 0 bridgehead atoms. The molecule has 0 unspecified atom stereocenters. The summed E-state index contributed by atoms with van der Waals surface area (Å²) in [6.45, 7) is 0. The van der Waals surface area contributed by atoms with E-state index in [0.717, 1.165) is 33.3 Å². The molecule has 0 saturated heterocycles. The molecular formula is C21H17FN6O. The van der Waals surface area contributed by atoms with E-state index in [2.05, 4.69) is 25.3 Å². The summed E-state index contributed by atoms with van der Waals surface area (Å²) in [4.78, 5) is 7.64. The third-order valence-corrected chi connectivity index (χ3v) is 4.81. The van der Waals surface area contributed by atoms with Gasteiger partial charge < -0.3 is 9.40 Å². The van der Waals surface area contributed by atoms with Gasteiger partial charge in [0.1, 0.15) is 11.5 Å². The average Bonchev–Trinajstić information content (AvgIpc) is 3.46. The lowest BCUT2D eigenvalue weighted by Crippen LogP contribution is -1.91. The molecular weight excluding hydrogens is 371 g/mol. The van der Waals surface area contributed by atoms with Crippen LogP contribution >= 0.6 is 0 Å². The number of pyridine rings is 1. The molecule has 4 aromatic heterocycles. The summed E-state index contributed by atoms with van der Waals surface area (Å²) in [5.41, 5.74) is 4.52. The van der Waals surface area contributed by atoms with Gasteiger partial charge >= 0.3 is 0 Å². The second-order valence-electron chi connectivity index (χ2n) is 6.85. The van der Waals surface area contributed by atoms with Crippen molar-refractivity contribution in [2.45, 2.75) is 12.8 Å². The van der Waals surface area contributed by atoms with Crippen LogP contribution in [0.1, 0.15) is 11.5 Å². The highest BCUT2D eigenvalue weighted by Crippen LogP contribution is 2.30. The molecule has 0 aliphatic rings. The third kappa shape index (κ3) is 3.40. The number of aromatic amines is 1. The van der Waals surface area contributed by atoms with Crippen LogP contribution in [-0.4, -0.2) is 29.9 Å². The van der Waals surface area contributed by atoms with E-state index in [4.69, 9.17) is 4.42 Å². The van der Waals surface area contributed by atoms with Gasteiger partial charge in [0.2, 0.25) is 11.8 Å². The van der Waals surface area contributed by atoms with E-state index in [9.17, 15) is 4.39 Å². The Labute approximate surface area is 165 Å². The third-order valence-electron chi connectivity index (χ3n) is 4.81. The molecule has 1 aromatic carbocycles. The maximum atomic E-state index is 13.0. The molecule has 0 spiro atoms. The number of rotatable bonds is 5. The fraction of sp³-hybridized carbons (Fsp3) is 0.143. The molecule has 0 aliphatic heterocycles. The summed E-state index contributed by atoms with van der Waals surface area (Å²) in [7, 11) is 1.88. The predicted molar refractivity (Wildman–Crippen MR) is 105 cm³/mol. The minimum atomic E-state index is -0.243. The lowest BCUT2D eigenvalue weighted by molar-refractivity contribution is 0.505. The SMILES string of the molecule is Cn1cc(-c2cnc3[nH]cc(-c4nnc(CCc5ccc(F)cc5)o4)c3c2)cn1. The fourth-order valence-corrected chi connectivity index (χ4v) is 3.27. The average molecular weight is 388 g/mol. The van der Waals surface area contributed by atoms with Crippen molar-refractivity contribution in [3.8, 4) is 22.6 Å². The first-order valence-electron chi connectivity index (χ1n) is 9.19. The van der Waals surface area contributed by atoms with Crippen LogP contribution in [0.15, 0.2) is 59.5 Å². The highest BCUT2D eigenvalue weighted by Gasteiger charge is 2.15. The molecule has 0 fully saturated rings. The van der Waals surface area contributed by atoms with Crippen LogP contribution in [0.25, 0.3) is 33.6 Å². The first-order chi connectivity index (χ1) is 14.2. The van der Waals surface area contributed by atoms with Crippen molar-refractivity contribution < 1.29 is 8.81 Å². The molecule has 4 heterocycles. The number of nitrogens with one attached hydrogen (secondary N) is 1. The van der Waals surface area contributed by atoms with Gasteiger partial charge in [-0.3, -0.25) is 4.68 Å². The summed E-state index contributed by atoms with van der Waals surface area (Å²) >= 11 is 0. The highest BCUT2D eigenvalue weighted by atomic mass is 19.1. The Morgan fingerprint density at radius 1 is 1.07 bits per heavy atom. The Hall–Kier alpha value is -3.81. The zero-order valence-corrected chi connectivity index (χ0v) is 15.6. The molecule has 8 heteroatoms. The second kappa shape index (κ2) is 6.97. The van der Waals surface area contributed by atoms with Crippen molar-refractivity contribution in [1.29, 1.82) is 0 Å². The molecule has 0 saturated carbocycles. The van der Waals surface area contributed by atoms with Crippen LogP contribution < -0.4 is 0 Å². The molecule has 0 radical (unpaired) electrons. The smallest absolute Gasteiger partial charge is 0.249 e. The molecule has 5 aromatic rings. The first kappa shape index (κ1) is 17.3. The van der Waals surface area contributed by atoms with Crippen molar-refractivity contribution in [3.63, 3.8) is 0 Å². The van der Waals surface area contributed by atoms with Gasteiger partial charge in [0.05, 0.1) is 11.8 Å². The molecule has 0 atom stereocenters. The summed E-state index contributed by atoms with van der Waals surface area (Å²) in [6.07, 6.45) is 8.65. The van der Waals surface area contributed by atoms with E-state index in [1.54, 1.807) is 23.0 Å². The quantitative estimate of drug-likeness (QED) is 0.493. The number of hydrogen-bond donors (Lipinski definition) is 1. The largest absolute Gasteiger partial charge is 0.421 e. The van der Waals surface area contributed by atoms with Crippen molar-refractivity contribution in [2.75, 3.05) is 0 Å². The van der Waals surface area contributed by atoms with Crippen LogP contribution in [0.4, 0.5) is 4.39 Å². The fourth-order valence-electron chi connectivity index (χ4n) is 3.27. The van der Waals surface area contributed by atoms with Crippen LogP contribution in [0.2, 0.25) is 0 Å². The topological polar surface area (TPSA) is 85.4 Å². The van der Waals surface area contributed by atoms with E-state index in [1.807, 2.05) is 31.7 Å². The first-order valence-corrected chi connectivity index (χ1v) is 9.19. The van der Waals surface area contributed by atoms with Gasteiger partial charge in [0.25, 0.3) is 0 Å². The zero-order chi connectivity index (χ0) is 19.8. The lowest BCUT2D eigenvalue weighted by atomic mass is 10.1. The lowest BCUT2D eigenvalue weighted by Gasteiger charge is -1.99. The van der Waals surface area contributed by atoms with Crippen molar-refractivity contribution in [3.05, 3.63) is 72.4 Å². The number of fused-ring (bicyclic) bond motifs is 1. The number of aromatic nitrogens is 6. The molecule has 29 heavy (non-hydrogen) atoms. The Kier molecular flexibility index (Phi) is 4.16. The Balaban J connectivity index is 1.41. The number of H-pyrrole nitrogens is 1. The van der Waals surface area contributed by atoms with Gasteiger partial charge in [0, 0.05) is 48.6 Å². The van der Waals surface area contributed by atoms with E-state index in [1.165, 1.54) is 12.1 Å². The number of nitrogens with zero attached hydrogens (tertiary/aromatic N) is 5. The second-order valence-corrected chi connectivity index (χ2v) is 6.85. The zero-order valence-electron chi connectivity index (χ0n) is 15.6. The maximum Gasteiger partial charge on any atom is 0.249 e. The summed E-state index contributed by atoms with van der Waals surface area (Å²) in [6, 6.07) is 8.46. The maximum absolute atomic E-state index is 13.0. The van der Waals surface area contributed by atoms with Gasteiger partial charge in [-0.15, -0.1) is 10.2 Å². The minimum absolute atomic E-state index is 0.243. The Bertz CT molecular complexity index is 1280. The van der Waals surface area contributed by atoms with E-state index in [-0.39, 0.29) is 5.82 Å². The number of hydrogen-bond acceptors (Lipinski definition) is 5. The van der Waals surface area contributed by atoms with Crippen molar-refractivity contribution >= 4 is 11.0 Å². The standard InChI is InChI=1S/C21H17FN6O/c1-28-12-15(10-25-28)14-8-17-18(11-24-20(17)23-9-14)21-27-26-19(29-21)7-4-13-2-5-16(22)6-3-13/h2-3,5-6,8-12H,4,7H2,1H3,(H,23,24). The normalized spacial score (nSPS) is 11.4. The Morgan fingerprint density at radius 3 is 2.72 bits per heavy atom. The van der Waals surface area contributed by atoms with Gasteiger partial charge in [0.15, 0.2) is 0 Å². The van der Waals surface area contributed by atoms with Gasteiger partial charge in [-0.1, -0.05) is 12.1 Å². The van der Waals surface area contributed by atoms with E-state index < -0.39 is 0 Å². The number of benzene rings is 1. The molecule has 1 N–H and O–H groups in total. The van der Waals surface area contributed by atoms with Crippen LogP contribution in [-0.2, 0) is 19.9 Å². The van der Waals surface area contributed by atoms with Crippen LogP contribution in [0.5, 0.6) is 0 Å². The van der Waals surface area contributed by atoms with Crippen molar-refractivity contribution in [1.82, 2.24) is 29.9 Å². The van der Waals surface area contributed by atoms with Gasteiger partial charge in [-0.05, 0) is 30.2 Å². The van der Waals surface area contributed by atoms with Crippen molar-refractivity contribution in [2.24, 2.45) is 7.05 Å². The van der Waals surface area contributed by atoms with Gasteiger partial charge in [-0.25, -0.2) is 9.37 Å². The summed E-state index contributed by atoms with van der Waals surface area (Å²) in [5, 5.41) is 13.5. The predicted octanol–water partition coefficient (Wildman–Crippen LogP) is 3.94. The molecule has 144 valence electrons. The Morgan fingerprint density at radius 2 is 1.93 bits per heavy atom. The number of aryl methyl sites for hydroxylation is 3. The minimum Gasteiger partial charge on any atom is -0.421 e. The van der Waals surface area contributed by atoms with E-state index >= 15 is 0 Å². The molecule has 0 amide bonds. The van der Waals surface area contributed by atoms with E-state index in [0.29, 0.717) is 24.6 Å². The summed E-state index contributed by atoms with van der Waals surface area (Å²) in [5.74, 6) is 0.734. The molecule has 7 nitrogen and oxygen atoms in total. The summed E-state index contributed by atoms with van der Waals surface area (Å²) < 4.78 is 20.6. The monoisotopic (exact) mass is 388 g/mol.